The molecular weight excluding hydrogens is 228 g/mol. The Balaban J connectivity index is 2.25. The van der Waals surface area contributed by atoms with Crippen LogP contribution in [0.15, 0.2) is 24.4 Å². The number of anilines is 1. The van der Waals surface area contributed by atoms with Crippen molar-refractivity contribution in [3.8, 4) is 11.7 Å². The van der Waals surface area contributed by atoms with E-state index in [1.165, 1.54) is 0 Å². The SMILES string of the molecule is Cc1ccn(-c2ccc(N)c(OCC(C)C)n2)n1. The highest BCUT2D eigenvalue weighted by Crippen LogP contribution is 2.20. The molecule has 5 nitrogen and oxygen atoms in total. The smallest absolute Gasteiger partial charge is 0.239 e. The number of nitrogen functional groups attached to an aromatic ring is 1. The van der Waals surface area contributed by atoms with Gasteiger partial charge in [0.2, 0.25) is 5.88 Å². The van der Waals surface area contributed by atoms with Crippen molar-refractivity contribution in [1.29, 1.82) is 0 Å². The van der Waals surface area contributed by atoms with Gasteiger partial charge < -0.3 is 10.5 Å². The van der Waals surface area contributed by atoms with E-state index < -0.39 is 0 Å². The van der Waals surface area contributed by atoms with Gasteiger partial charge in [-0.1, -0.05) is 13.8 Å². The van der Waals surface area contributed by atoms with E-state index in [2.05, 4.69) is 23.9 Å². The molecule has 0 bridgehead atoms. The molecular formula is C13H18N4O. The van der Waals surface area contributed by atoms with Gasteiger partial charge in [0.05, 0.1) is 18.0 Å². The van der Waals surface area contributed by atoms with Gasteiger partial charge in [-0.05, 0) is 31.0 Å². The predicted molar refractivity (Wildman–Crippen MR) is 70.8 cm³/mol. The summed E-state index contributed by atoms with van der Waals surface area (Å²) in [5.74, 6) is 1.60. The van der Waals surface area contributed by atoms with E-state index in [-0.39, 0.29) is 0 Å². The Morgan fingerprint density at radius 3 is 2.72 bits per heavy atom. The lowest BCUT2D eigenvalue weighted by molar-refractivity contribution is 0.262. The van der Waals surface area contributed by atoms with Crippen LogP contribution in [0.5, 0.6) is 5.88 Å². The second kappa shape index (κ2) is 5.08. The van der Waals surface area contributed by atoms with E-state index in [1.807, 2.05) is 25.3 Å². The van der Waals surface area contributed by atoms with Crippen molar-refractivity contribution in [2.45, 2.75) is 20.8 Å². The van der Waals surface area contributed by atoms with Crippen LogP contribution in [0, 0.1) is 12.8 Å². The maximum atomic E-state index is 5.84. The fourth-order valence-corrected chi connectivity index (χ4v) is 1.47. The lowest BCUT2D eigenvalue weighted by atomic mass is 10.2. The van der Waals surface area contributed by atoms with Gasteiger partial charge in [0, 0.05) is 6.20 Å². The van der Waals surface area contributed by atoms with Gasteiger partial charge >= 0.3 is 0 Å². The number of rotatable bonds is 4. The summed E-state index contributed by atoms with van der Waals surface area (Å²) in [5, 5.41) is 4.30. The number of nitrogens with zero attached hydrogens (tertiary/aromatic N) is 3. The summed E-state index contributed by atoms with van der Waals surface area (Å²) >= 11 is 0. The Hall–Kier alpha value is -2.04. The largest absolute Gasteiger partial charge is 0.476 e. The van der Waals surface area contributed by atoms with Crippen molar-refractivity contribution >= 4 is 5.69 Å². The number of hydrogen-bond acceptors (Lipinski definition) is 4. The summed E-state index contributed by atoms with van der Waals surface area (Å²) < 4.78 is 7.30. The second-order valence-electron chi connectivity index (χ2n) is 4.67. The topological polar surface area (TPSA) is 66.0 Å². The van der Waals surface area contributed by atoms with Crippen molar-refractivity contribution in [3.63, 3.8) is 0 Å². The van der Waals surface area contributed by atoms with Crippen molar-refractivity contribution in [3.05, 3.63) is 30.1 Å². The number of hydrogen-bond donors (Lipinski definition) is 1. The van der Waals surface area contributed by atoms with Crippen LogP contribution in [0.3, 0.4) is 0 Å². The molecule has 0 saturated heterocycles. The van der Waals surface area contributed by atoms with Crippen LogP contribution in [0.4, 0.5) is 5.69 Å². The molecule has 2 N–H and O–H groups in total. The molecule has 0 atom stereocenters. The monoisotopic (exact) mass is 246 g/mol. The predicted octanol–water partition coefficient (Wildman–Crippen LogP) is 2.19. The molecule has 0 radical (unpaired) electrons. The zero-order chi connectivity index (χ0) is 13.1. The van der Waals surface area contributed by atoms with E-state index in [9.17, 15) is 0 Å². The summed E-state index contributed by atoms with van der Waals surface area (Å²) in [7, 11) is 0. The standard InChI is InChI=1S/C13H18N4O/c1-9(2)8-18-13-11(14)4-5-12(15-13)17-7-6-10(3)16-17/h4-7,9H,8,14H2,1-3H3. The Bertz CT molecular complexity index is 534. The first-order valence-electron chi connectivity index (χ1n) is 5.98. The lowest BCUT2D eigenvalue weighted by Gasteiger charge is -2.11. The molecule has 0 aliphatic carbocycles. The van der Waals surface area contributed by atoms with Gasteiger partial charge in [-0.25, -0.2) is 4.68 Å². The highest BCUT2D eigenvalue weighted by Gasteiger charge is 2.07. The van der Waals surface area contributed by atoms with Crippen molar-refractivity contribution in [2.24, 2.45) is 5.92 Å². The molecule has 0 spiro atoms. The third kappa shape index (κ3) is 2.80. The molecule has 96 valence electrons. The van der Waals surface area contributed by atoms with Crippen molar-refractivity contribution in [1.82, 2.24) is 14.8 Å². The van der Waals surface area contributed by atoms with Gasteiger partial charge in [-0.2, -0.15) is 10.1 Å². The number of pyridine rings is 1. The van der Waals surface area contributed by atoms with Gasteiger partial charge in [0.1, 0.15) is 0 Å². The highest BCUT2D eigenvalue weighted by molar-refractivity contribution is 5.50. The minimum absolute atomic E-state index is 0.432. The van der Waals surface area contributed by atoms with Crippen LogP contribution in [-0.4, -0.2) is 21.4 Å². The Morgan fingerprint density at radius 1 is 1.33 bits per heavy atom. The molecule has 0 amide bonds. The van der Waals surface area contributed by atoms with E-state index in [4.69, 9.17) is 10.5 Å². The lowest BCUT2D eigenvalue weighted by Crippen LogP contribution is -2.09. The summed E-state index contributed by atoms with van der Waals surface area (Å²) in [6.07, 6.45) is 1.86. The van der Waals surface area contributed by atoms with Gasteiger partial charge in [-0.15, -0.1) is 0 Å². The van der Waals surface area contributed by atoms with Crippen LogP contribution >= 0.6 is 0 Å². The molecule has 2 heterocycles. The van der Waals surface area contributed by atoms with E-state index in [1.54, 1.807) is 10.7 Å². The molecule has 0 aliphatic heterocycles. The number of ether oxygens (including phenoxy) is 1. The second-order valence-corrected chi connectivity index (χ2v) is 4.67. The van der Waals surface area contributed by atoms with Crippen molar-refractivity contribution in [2.75, 3.05) is 12.3 Å². The third-order valence-electron chi connectivity index (χ3n) is 2.39. The Kier molecular flexibility index (Phi) is 3.50. The molecule has 2 aromatic heterocycles. The number of nitrogens with two attached hydrogens (primary N) is 1. The average molecular weight is 246 g/mol. The van der Waals surface area contributed by atoms with Crippen LogP contribution < -0.4 is 10.5 Å². The normalized spacial score (nSPS) is 10.9. The first-order valence-corrected chi connectivity index (χ1v) is 5.98. The summed E-state index contributed by atoms with van der Waals surface area (Å²) in [6, 6.07) is 5.53. The van der Waals surface area contributed by atoms with E-state index in [0.717, 1.165) is 5.69 Å². The third-order valence-corrected chi connectivity index (χ3v) is 2.39. The maximum Gasteiger partial charge on any atom is 0.239 e. The molecule has 18 heavy (non-hydrogen) atoms. The van der Waals surface area contributed by atoms with Crippen LogP contribution in [0.25, 0.3) is 5.82 Å². The van der Waals surface area contributed by atoms with Crippen LogP contribution in [0.1, 0.15) is 19.5 Å². The average Bonchev–Trinajstić information content (AvgIpc) is 2.74. The fraction of sp³-hybridized carbons (Fsp3) is 0.385. The minimum Gasteiger partial charge on any atom is -0.476 e. The summed E-state index contributed by atoms with van der Waals surface area (Å²) in [6.45, 7) is 6.69. The zero-order valence-corrected chi connectivity index (χ0v) is 10.9. The minimum atomic E-state index is 0.432. The Morgan fingerprint density at radius 2 is 2.11 bits per heavy atom. The fourth-order valence-electron chi connectivity index (χ4n) is 1.47. The molecule has 0 aliphatic rings. The van der Waals surface area contributed by atoms with E-state index in [0.29, 0.717) is 29.9 Å². The number of aromatic nitrogens is 3. The van der Waals surface area contributed by atoms with Gasteiger partial charge in [0.25, 0.3) is 0 Å². The van der Waals surface area contributed by atoms with Crippen LogP contribution in [-0.2, 0) is 0 Å². The highest BCUT2D eigenvalue weighted by atomic mass is 16.5. The summed E-state index contributed by atoms with van der Waals surface area (Å²) in [4.78, 5) is 4.38. The molecule has 0 unspecified atom stereocenters. The van der Waals surface area contributed by atoms with Gasteiger partial charge in [0.15, 0.2) is 5.82 Å². The summed E-state index contributed by atoms with van der Waals surface area (Å²) in [5.41, 5.74) is 7.33. The molecule has 2 aromatic rings. The van der Waals surface area contributed by atoms with Crippen LogP contribution in [0.2, 0.25) is 0 Å². The molecule has 5 heteroatoms. The Labute approximate surface area is 107 Å². The van der Waals surface area contributed by atoms with Gasteiger partial charge in [-0.3, -0.25) is 0 Å². The quantitative estimate of drug-likeness (QED) is 0.898. The van der Waals surface area contributed by atoms with E-state index >= 15 is 0 Å². The number of aryl methyl sites for hydroxylation is 1. The molecule has 0 aromatic carbocycles. The first-order chi connectivity index (χ1) is 8.56. The molecule has 0 fully saturated rings. The molecule has 2 rings (SSSR count). The van der Waals surface area contributed by atoms with Crippen molar-refractivity contribution < 1.29 is 4.74 Å². The first kappa shape index (κ1) is 12.4. The molecule has 0 saturated carbocycles. The zero-order valence-electron chi connectivity index (χ0n) is 10.9. The maximum absolute atomic E-state index is 5.84.